The fraction of sp³-hybridized carbons (Fsp3) is 0.154. The Kier molecular flexibility index (Phi) is 5.03. The second-order valence-corrected chi connectivity index (χ2v) is 5.30. The van der Waals surface area contributed by atoms with Gasteiger partial charge in [-0.1, -0.05) is 12.2 Å². The first kappa shape index (κ1) is 14.4. The summed E-state index contributed by atoms with van der Waals surface area (Å²) in [7, 11) is 0. The Morgan fingerprint density at radius 3 is 2.75 bits per heavy atom. The number of carbonyl (C=O) groups excluding carboxylic acids is 1. The third-order valence-electron chi connectivity index (χ3n) is 2.43. The molecule has 0 saturated carbocycles. The highest BCUT2D eigenvalue weighted by Gasteiger charge is 2.04. The molecule has 0 fully saturated rings. The van der Waals surface area contributed by atoms with E-state index in [9.17, 15) is 4.79 Å². The van der Waals surface area contributed by atoms with Crippen molar-refractivity contribution < 1.29 is 9.53 Å². The van der Waals surface area contributed by atoms with Crippen molar-refractivity contribution in [2.45, 2.75) is 6.54 Å². The van der Waals surface area contributed by atoms with E-state index < -0.39 is 0 Å². The Balaban J connectivity index is 1.76. The third-order valence-corrected chi connectivity index (χ3v) is 3.44. The molecule has 1 aromatic heterocycles. The Hall–Kier alpha value is -1.99. The van der Waals surface area contributed by atoms with Crippen LogP contribution in [0.5, 0.6) is 5.75 Å². The molecule has 0 saturated heterocycles. The van der Waals surface area contributed by atoms with Crippen molar-refractivity contribution in [3.8, 4) is 5.75 Å². The van der Waals surface area contributed by atoms with Crippen LogP contribution in [0.25, 0.3) is 0 Å². The van der Waals surface area contributed by atoms with Crippen molar-refractivity contribution in [3.63, 3.8) is 0 Å². The molecule has 5 nitrogen and oxygen atoms in total. The van der Waals surface area contributed by atoms with E-state index in [-0.39, 0.29) is 12.5 Å². The fourth-order valence-corrected chi connectivity index (χ4v) is 2.12. The number of hydrogen-bond acceptors (Lipinski definition) is 5. The highest BCUT2D eigenvalue weighted by Crippen LogP contribution is 2.12. The van der Waals surface area contributed by atoms with E-state index in [1.807, 2.05) is 5.38 Å². The van der Waals surface area contributed by atoms with Crippen LogP contribution >= 0.6 is 23.6 Å². The molecule has 2 rings (SSSR count). The van der Waals surface area contributed by atoms with Crippen LogP contribution in [0.15, 0.2) is 35.8 Å². The summed E-state index contributed by atoms with van der Waals surface area (Å²) in [5.74, 6) is 0.396. The molecule has 0 atom stereocenters. The molecule has 104 valence electrons. The molecule has 0 radical (unpaired) electrons. The molecule has 3 N–H and O–H groups in total. The Bertz CT molecular complexity index is 582. The van der Waals surface area contributed by atoms with E-state index in [1.165, 1.54) is 11.3 Å². The minimum absolute atomic E-state index is 0.0439. The molecule has 2 aromatic rings. The van der Waals surface area contributed by atoms with Gasteiger partial charge in [0.2, 0.25) is 0 Å². The quantitative estimate of drug-likeness (QED) is 0.790. The predicted octanol–water partition coefficient (Wildman–Crippen LogP) is 1.47. The molecule has 0 aliphatic carbocycles. The molecule has 1 amide bonds. The number of ether oxygens (including phenoxy) is 1. The summed E-state index contributed by atoms with van der Waals surface area (Å²) in [6.07, 6.45) is 1.70. The monoisotopic (exact) mass is 307 g/mol. The van der Waals surface area contributed by atoms with Crippen LogP contribution in [0.1, 0.15) is 10.6 Å². The first-order valence-electron chi connectivity index (χ1n) is 5.83. The number of nitrogens with one attached hydrogen (secondary N) is 1. The van der Waals surface area contributed by atoms with E-state index in [2.05, 4.69) is 10.3 Å². The minimum atomic E-state index is -0.196. The average molecular weight is 307 g/mol. The number of aromatic nitrogens is 1. The van der Waals surface area contributed by atoms with Gasteiger partial charge in [-0.3, -0.25) is 4.79 Å². The van der Waals surface area contributed by atoms with Crippen LogP contribution in [-0.2, 0) is 11.3 Å². The summed E-state index contributed by atoms with van der Waals surface area (Å²) in [5.41, 5.74) is 6.26. The summed E-state index contributed by atoms with van der Waals surface area (Å²) < 4.78 is 5.36. The molecule has 0 unspecified atom stereocenters. The Labute approximate surface area is 125 Å². The Morgan fingerprint density at radius 2 is 2.15 bits per heavy atom. The number of nitrogens with zero attached hydrogens (tertiary/aromatic N) is 1. The number of amides is 1. The van der Waals surface area contributed by atoms with Crippen molar-refractivity contribution in [2.75, 3.05) is 6.61 Å². The lowest BCUT2D eigenvalue weighted by atomic mass is 10.2. The van der Waals surface area contributed by atoms with Gasteiger partial charge in [0.1, 0.15) is 15.7 Å². The lowest BCUT2D eigenvalue weighted by Crippen LogP contribution is -2.28. The van der Waals surface area contributed by atoms with Crippen LogP contribution in [0.4, 0.5) is 0 Å². The zero-order chi connectivity index (χ0) is 14.4. The molecular formula is C13H13N3O2S2. The normalized spacial score (nSPS) is 10.0. The van der Waals surface area contributed by atoms with Crippen LogP contribution in [0.2, 0.25) is 0 Å². The summed E-state index contributed by atoms with van der Waals surface area (Å²) in [6.45, 7) is 0.373. The zero-order valence-electron chi connectivity index (χ0n) is 10.5. The average Bonchev–Trinajstić information content (AvgIpc) is 2.96. The van der Waals surface area contributed by atoms with Gasteiger partial charge >= 0.3 is 0 Å². The third kappa shape index (κ3) is 4.29. The largest absolute Gasteiger partial charge is 0.484 e. The molecule has 0 bridgehead atoms. The zero-order valence-corrected chi connectivity index (χ0v) is 12.2. The SMILES string of the molecule is NC(=S)c1ccc(OCC(=O)NCc2nccs2)cc1. The highest BCUT2D eigenvalue weighted by molar-refractivity contribution is 7.80. The van der Waals surface area contributed by atoms with Gasteiger partial charge in [-0.15, -0.1) is 11.3 Å². The van der Waals surface area contributed by atoms with E-state index in [4.69, 9.17) is 22.7 Å². The van der Waals surface area contributed by atoms with Crippen LogP contribution < -0.4 is 15.8 Å². The molecule has 0 aliphatic heterocycles. The first-order chi connectivity index (χ1) is 9.65. The molecule has 0 aliphatic rings. The predicted molar refractivity (Wildman–Crippen MR) is 81.8 cm³/mol. The van der Waals surface area contributed by atoms with E-state index in [0.717, 1.165) is 10.6 Å². The maximum Gasteiger partial charge on any atom is 0.258 e. The minimum Gasteiger partial charge on any atom is -0.484 e. The number of benzene rings is 1. The smallest absolute Gasteiger partial charge is 0.258 e. The van der Waals surface area contributed by atoms with Gasteiger partial charge < -0.3 is 15.8 Å². The standard InChI is InChI=1S/C13H13N3O2S2/c14-13(19)9-1-3-10(4-2-9)18-8-11(17)16-7-12-15-5-6-20-12/h1-6H,7-8H2,(H2,14,19)(H,16,17). The number of carbonyl (C=O) groups is 1. The lowest BCUT2D eigenvalue weighted by Gasteiger charge is -2.07. The maximum atomic E-state index is 11.6. The molecule has 1 aromatic carbocycles. The topological polar surface area (TPSA) is 77.2 Å². The molecule has 7 heteroatoms. The number of hydrogen-bond donors (Lipinski definition) is 2. The van der Waals surface area contributed by atoms with Crippen molar-refractivity contribution in [2.24, 2.45) is 5.73 Å². The van der Waals surface area contributed by atoms with Crippen molar-refractivity contribution in [1.82, 2.24) is 10.3 Å². The lowest BCUT2D eigenvalue weighted by molar-refractivity contribution is -0.123. The summed E-state index contributed by atoms with van der Waals surface area (Å²) >= 11 is 6.35. The van der Waals surface area contributed by atoms with Crippen LogP contribution in [-0.4, -0.2) is 22.5 Å². The highest BCUT2D eigenvalue weighted by atomic mass is 32.1. The number of thiocarbonyl (C=S) groups is 1. The van der Waals surface area contributed by atoms with Crippen LogP contribution in [0, 0.1) is 0 Å². The number of thiazole rings is 1. The molecule has 20 heavy (non-hydrogen) atoms. The van der Waals surface area contributed by atoms with Gasteiger partial charge in [-0.25, -0.2) is 4.98 Å². The van der Waals surface area contributed by atoms with Gasteiger partial charge in [0.05, 0.1) is 6.54 Å². The second-order valence-electron chi connectivity index (χ2n) is 3.88. The number of nitrogens with two attached hydrogens (primary N) is 1. The van der Waals surface area contributed by atoms with E-state index in [0.29, 0.717) is 17.3 Å². The van der Waals surface area contributed by atoms with Gasteiger partial charge in [-0.05, 0) is 24.3 Å². The van der Waals surface area contributed by atoms with E-state index in [1.54, 1.807) is 30.5 Å². The van der Waals surface area contributed by atoms with Crippen molar-refractivity contribution >= 4 is 34.5 Å². The van der Waals surface area contributed by atoms with E-state index >= 15 is 0 Å². The van der Waals surface area contributed by atoms with Crippen molar-refractivity contribution in [1.29, 1.82) is 0 Å². The van der Waals surface area contributed by atoms with Gasteiger partial charge in [0, 0.05) is 17.1 Å². The van der Waals surface area contributed by atoms with Gasteiger partial charge in [0.25, 0.3) is 5.91 Å². The molecular weight excluding hydrogens is 294 g/mol. The van der Waals surface area contributed by atoms with Crippen molar-refractivity contribution in [3.05, 3.63) is 46.4 Å². The molecule has 1 heterocycles. The second kappa shape index (κ2) is 6.97. The maximum absolute atomic E-state index is 11.6. The molecule has 0 spiro atoms. The van der Waals surface area contributed by atoms with Gasteiger partial charge in [-0.2, -0.15) is 0 Å². The van der Waals surface area contributed by atoms with Crippen LogP contribution in [0.3, 0.4) is 0 Å². The summed E-state index contributed by atoms with van der Waals surface area (Å²) in [6, 6.07) is 6.96. The summed E-state index contributed by atoms with van der Waals surface area (Å²) in [4.78, 5) is 16.0. The summed E-state index contributed by atoms with van der Waals surface area (Å²) in [5, 5.41) is 5.45. The first-order valence-corrected chi connectivity index (χ1v) is 7.11. The van der Waals surface area contributed by atoms with Gasteiger partial charge in [0.15, 0.2) is 6.61 Å². The number of rotatable bonds is 6. The Morgan fingerprint density at radius 1 is 1.40 bits per heavy atom. The fourth-order valence-electron chi connectivity index (χ4n) is 1.43.